The van der Waals surface area contributed by atoms with Gasteiger partial charge in [0.15, 0.2) is 0 Å². The molecule has 0 aromatic carbocycles. The van der Waals surface area contributed by atoms with Gasteiger partial charge in [-0.1, -0.05) is 83.2 Å². The summed E-state index contributed by atoms with van der Waals surface area (Å²) in [6.45, 7) is 0. The van der Waals surface area contributed by atoms with Crippen molar-refractivity contribution in [1.82, 2.24) is 0 Å². The summed E-state index contributed by atoms with van der Waals surface area (Å²) in [6.07, 6.45) is 14.2. The molecule has 1 rings (SSSR count). The van der Waals surface area contributed by atoms with Gasteiger partial charge in [-0.2, -0.15) is 0 Å². The quantitative estimate of drug-likeness (QED) is 0.521. The first-order valence-corrected chi connectivity index (χ1v) is 7.92. The Bertz CT molecular complexity index is 120. The Hall–Kier alpha value is 0.960. The van der Waals surface area contributed by atoms with Gasteiger partial charge in [0.05, 0.1) is 0 Å². The van der Waals surface area contributed by atoms with Gasteiger partial charge in [-0.05, 0) is 12.8 Å². The molecule has 0 heterocycles. The van der Waals surface area contributed by atoms with Gasteiger partial charge in [-0.25, -0.2) is 0 Å². The lowest BCUT2D eigenvalue weighted by Crippen LogP contribution is -2.14. The van der Waals surface area contributed by atoms with Crippen molar-refractivity contribution in [2.24, 2.45) is 0 Å². The Morgan fingerprint density at radius 1 is 0.500 bits per heavy atom. The average molecular weight is 326 g/mol. The predicted molar refractivity (Wildman–Crippen MR) is 71.6 cm³/mol. The molecule has 2 unspecified atom stereocenters. The van der Waals surface area contributed by atoms with Crippen LogP contribution in [0.15, 0.2) is 0 Å². The molecule has 1 fully saturated rings. The van der Waals surface area contributed by atoms with Crippen molar-refractivity contribution >= 4 is 31.9 Å². The molecule has 2 atom stereocenters. The fourth-order valence-electron chi connectivity index (χ4n) is 2.10. The van der Waals surface area contributed by atoms with Crippen molar-refractivity contribution in [3.63, 3.8) is 0 Å². The summed E-state index contributed by atoms with van der Waals surface area (Å²) in [5.74, 6) is 0. The minimum Gasteiger partial charge on any atom is -0.0879 e. The molecule has 1 aliphatic carbocycles. The zero-order valence-electron chi connectivity index (χ0n) is 8.98. The van der Waals surface area contributed by atoms with E-state index in [-0.39, 0.29) is 0 Å². The molecule has 1 aliphatic rings. The third-order valence-electron chi connectivity index (χ3n) is 3.10. The number of hydrogen-bond acceptors (Lipinski definition) is 0. The highest BCUT2D eigenvalue weighted by atomic mass is 79.9. The average Bonchev–Trinajstić information content (AvgIpc) is 2.18. The van der Waals surface area contributed by atoms with Crippen LogP contribution in [0.1, 0.15) is 64.2 Å². The second-order valence-corrected chi connectivity index (χ2v) is 6.79. The molecule has 0 aromatic heterocycles. The summed E-state index contributed by atoms with van der Waals surface area (Å²) >= 11 is 7.59. The highest BCUT2D eigenvalue weighted by Gasteiger charge is 2.15. The molecule has 0 saturated heterocycles. The second-order valence-electron chi connectivity index (χ2n) is 4.44. The summed E-state index contributed by atoms with van der Waals surface area (Å²) in [5, 5.41) is 0. The minimum absolute atomic E-state index is 0.696. The fourth-order valence-corrected chi connectivity index (χ4v) is 3.28. The maximum atomic E-state index is 3.80. The molecule has 0 radical (unpaired) electrons. The lowest BCUT2D eigenvalue weighted by atomic mass is 10.0. The van der Waals surface area contributed by atoms with E-state index in [0.717, 1.165) is 0 Å². The topological polar surface area (TPSA) is 0 Å². The molecule has 2 heteroatoms. The van der Waals surface area contributed by atoms with Gasteiger partial charge in [0.2, 0.25) is 0 Å². The van der Waals surface area contributed by atoms with Crippen LogP contribution in [0.25, 0.3) is 0 Å². The van der Waals surface area contributed by atoms with Gasteiger partial charge in [-0.3, -0.25) is 0 Å². The van der Waals surface area contributed by atoms with E-state index in [4.69, 9.17) is 0 Å². The van der Waals surface area contributed by atoms with Crippen LogP contribution < -0.4 is 0 Å². The van der Waals surface area contributed by atoms with Crippen molar-refractivity contribution in [1.29, 1.82) is 0 Å². The summed E-state index contributed by atoms with van der Waals surface area (Å²) < 4.78 is 0. The first-order chi connectivity index (χ1) is 6.80. The smallest absolute Gasteiger partial charge is 0.0271 e. The number of rotatable bonds is 0. The van der Waals surface area contributed by atoms with E-state index in [1.807, 2.05) is 0 Å². The van der Waals surface area contributed by atoms with Gasteiger partial charge in [-0.15, -0.1) is 0 Å². The van der Waals surface area contributed by atoms with Crippen molar-refractivity contribution in [3.05, 3.63) is 0 Å². The van der Waals surface area contributed by atoms with Crippen LogP contribution in [0.2, 0.25) is 0 Å². The number of halogens is 2. The van der Waals surface area contributed by atoms with Crippen LogP contribution in [0.3, 0.4) is 0 Å². The van der Waals surface area contributed by atoms with E-state index < -0.39 is 0 Å². The molecule has 84 valence electrons. The summed E-state index contributed by atoms with van der Waals surface area (Å²) in [6, 6.07) is 0. The van der Waals surface area contributed by atoms with Gasteiger partial charge < -0.3 is 0 Å². The molecule has 0 aromatic rings. The van der Waals surface area contributed by atoms with Gasteiger partial charge in [0.1, 0.15) is 0 Å². The Kier molecular flexibility index (Phi) is 7.58. The van der Waals surface area contributed by atoms with Crippen molar-refractivity contribution in [2.75, 3.05) is 0 Å². The standard InChI is InChI=1S/C12H22Br2/c13-11-9-7-5-3-1-2-4-6-8-10-12(11)14/h11-12H,1-10H2. The molecular formula is C12H22Br2. The zero-order chi connectivity index (χ0) is 10.2. The van der Waals surface area contributed by atoms with Crippen LogP contribution in [0.5, 0.6) is 0 Å². The van der Waals surface area contributed by atoms with E-state index in [1.54, 1.807) is 0 Å². The second kappa shape index (κ2) is 8.15. The monoisotopic (exact) mass is 324 g/mol. The normalized spacial score (nSPS) is 33.0. The molecule has 0 spiro atoms. The molecule has 0 bridgehead atoms. The van der Waals surface area contributed by atoms with E-state index in [1.165, 1.54) is 64.2 Å². The molecule has 14 heavy (non-hydrogen) atoms. The van der Waals surface area contributed by atoms with Gasteiger partial charge >= 0.3 is 0 Å². The fraction of sp³-hybridized carbons (Fsp3) is 1.00. The van der Waals surface area contributed by atoms with Crippen molar-refractivity contribution in [3.8, 4) is 0 Å². The molecular weight excluding hydrogens is 304 g/mol. The minimum atomic E-state index is 0.696. The lowest BCUT2D eigenvalue weighted by molar-refractivity contribution is 0.519. The van der Waals surface area contributed by atoms with Crippen LogP contribution in [-0.4, -0.2) is 9.65 Å². The summed E-state index contributed by atoms with van der Waals surface area (Å²) in [7, 11) is 0. The van der Waals surface area contributed by atoms with Gasteiger partial charge in [0, 0.05) is 9.65 Å². The van der Waals surface area contributed by atoms with Gasteiger partial charge in [0.25, 0.3) is 0 Å². The van der Waals surface area contributed by atoms with Crippen LogP contribution in [0.4, 0.5) is 0 Å². The third kappa shape index (κ3) is 5.75. The molecule has 0 aliphatic heterocycles. The molecule has 0 N–H and O–H groups in total. The largest absolute Gasteiger partial charge is 0.0879 e. The zero-order valence-corrected chi connectivity index (χ0v) is 12.2. The first-order valence-electron chi connectivity index (χ1n) is 6.09. The third-order valence-corrected chi connectivity index (χ3v) is 6.00. The molecule has 0 amide bonds. The van der Waals surface area contributed by atoms with Crippen molar-refractivity contribution in [2.45, 2.75) is 73.9 Å². The summed E-state index contributed by atoms with van der Waals surface area (Å²) in [5.41, 5.74) is 0. The molecule has 1 saturated carbocycles. The highest BCUT2D eigenvalue weighted by molar-refractivity contribution is 9.12. The SMILES string of the molecule is BrC1CCCCCCCCCCC1Br. The maximum Gasteiger partial charge on any atom is 0.0271 e. The Balaban J connectivity index is 2.23. The van der Waals surface area contributed by atoms with Crippen LogP contribution in [0, 0.1) is 0 Å². The Morgan fingerprint density at radius 3 is 1.14 bits per heavy atom. The number of hydrogen-bond donors (Lipinski definition) is 0. The van der Waals surface area contributed by atoms with E-state index in [9.17, 15) is 0 Å². The Labute approximate surface area is 105 Å². The van der Waals surface area contributed by atoms with Crippen LogP contribution >= 0.6 is 31.9 Å². The highest BCUT2D eigenvalue weighted by Crippen LogP contribution is 2.26. The summed E-state index contributed by atoms with van der Waals surface area (Å²) in [4.78, 5) is 1.39. The predicted octanol–water partition coefficient (Wildman–Crippen LogP) is 5.43. The van der Waals surface area contributed by atoms with Crippen molar-refractivity contribution < 1.29 is 0 Å². The van der Waals surface area contributed by atoms with Crippen LogP contribution in [-0.2, 0) is 0 Å². The maximum absolute atomic E-state index is 3.80. The van der Waals surface area contributed by atoms with E-state index in [0.29, 0.717) is 9.65 Å². The lowest BCUT2D eigenvalue weighted by Gasteiger charge is -2.17. The number of alkyl halides is 2. The first kappa shape index (κ1) is 13.0. The molecule has 0 nitrogen and oxygen atoms in total. The Morgan fingerprint density at radius 2 is 0.786 bits per heavy atom. The van der Waals surface area contributed by atoms with E-state index in [2.05, 4.69) is 31.9 Å². The van der Waals surface area contributed by atoms with E-state index >= 15 is 0 Å².